The van der Waals surface area contributed by atoms with Crippen LogP contribution in [0.1, 0.15) is 28.9 Å². The standard InChI is InChI=1S/C11H12F3N3O3/c1-5(9(19)20)4-15-8(18)7-3-6(2)16-10(17-7)11(12,13)14/h3,5H,4H2,1-2H3,(H,15,18)(H,19,20). The number of alkyl halides is 3. The molecule has 20 heavy (non-hydrogen) atoms. The van der Waals surface area contributed by atoms with Crippen molar-refractivity contribution in [2.75, 3.05) is 6.54 Å². The largest absolute Gasteiger partial charge is 0.481 e. The summed E-state index contributed by atoms with van der Waals surface area (Å²) in [5.74, 6) is -4.27. The lowest BCUT2D eigenvalue weighted by atomic mass is 10.2. The van der Waals surface area contributed by atoms with E-state index in [1.807, 2.05) is 0 Å². The van der Waals surface area contributed by atoms with Gasteiger partial charge in [-0.1, -0.05) is 6.92 Å². The fourth-order valence-electron chi connectivity index (χ4n) is 1.24. The van der Waals surface area contributed by atoms with Crippen LogP contribution < -0.4 is 5.32 Å². The molecule has 0 spiro atoms. The summed E-state index contributed by atoms with van der Waals surface area (Å²) in [6.45, 7) is 2.45. The van der Waals surface area contributed by atoms with E-state index in [0.29, 0.717) is 0 Å². The van der Waals surface area contributed by atoms with E-state index in [0.717, 1.165) is 6.07 Å². The number of aliphatic carboxylic acids is 1. The summed E-state index contributed by atoms with van der Waals surface area (Å²) in [5.41, 5.74) is -0.467. The van der Waals surface area contributed by atoms with Crippen molar-refractivity contribution in [1.82, 2.24) is 15.3 Å². The first-order chi connectivity index (χ1) is 9.11. The second-order valence-electron chi connectivity index (χ2n) is 4.17. The number of amides is 1. The number of aromatic nitrogens is 2. The maximum absolute atomic E-state index is 12.5. The van der Waals surface area contributed by atoms with Gasteiger partial charge in [-0.25, -0.2) is 9.97 Å². The molecule has 1 aromatic heterocycles. The maximum atomic E-state index is 12.5. The van der Waals surface area contributed by atoms with Gasteiger partial charge < -0.3 is 10.4 Å². The zero-order chi connectivity index (χ0) is 15.5. The second-order valence-corrected chi connectivity index (χ2v) is 4.17. The normalized spacial score (nSPS) is 12.8. The number of carboxylic acids is 1. The number of nitrogens with one attached hydrogen (secondary N) is 1. The SMILES string of the molecule is Cc1cc(C(=O)NCC(C)C(=O)O)nc(C(F)(F)F)n1. The van der Waals surface area contributed by atoms with E-state index in [-0.39, 0.29) is 12.2 Å². The number of carbonyl (C=O) groups excluding carboxylic acids is 1. The van der Waals surface area contributed by atoms with Gasteiger partial charge in [0.1, 0.15) is 5.69 Å². The monoisotopic (exact) mass is 291 g/mol. The molecule has 0 aliphatic carbocycles. The third-order valence-corrected chi connectivity index (χ3v) is 2.33. The fraction of sp³-hybridized carbons (Fsp3) is 0.455. The Kier molecular flexibility index (Phi) is 4.64. The first kappa shape index (κ1) is 15.9. The number of nitrogens with zero attached hydrogens (tertiary/aromatic N) is 2. The van der Waals surface area contributed by atoms with Crippen molar-refractivity contribution in [3.63, 3.8) is 0 Å². The van der Waals surface area contributed by atoms with Gasteiger partial charge in [-0.2, -0.15) is 13.2 Å². The van der Waals surface area contributed by atoms with Crippen molar-refractivity contribution in [3.8, 4) is 0 Å². The van der Waals surface area contributed by atoms with Gasteiger partial charge in [-0.15, -0.1) is 0 Å². The molecule has 110 valence electrons. The Labute approximate surface area is 112 Å². The Morgan fingerprint density at radius 2 is 2.00 bits per heavy atom. The molecule has 0 aliphatic rings. The molecule has 0 bridgehead atoms. The van der Waals surface area contributed by atoms with E-state index >= 15 is 0 Å². The van der Waals surface area contributed by atoms with Crippen molar-refractivity contribution in [2.24, 2.45) is 5.92 Å². The minimum atomic E-state index is -4.75. The van der Waals surface area contributed by atoms with Crippen molar-refractivity contribution >= 4 is 11.9 Å². The molecule has 0 aliphatic heterocycles. The predicted molar refractivity (Wildman–Crippen MR) is 60.9 cm³/mol. The lowest BCUT2D eigenvalue weighted by Gasteiger charge is -2.10. The minimum absolute atomic E-state index is 0.0104. The van der Waals surface area contributed by atoms with Crippen LogP contribution in [-0.4, -0.2) is 33.5 Å². The second kappa shape index (κ2) is 5.85. The van der Waals surface area contributed by atoms with Crippen molar-refractivity contribution < 1.29 is 27.9 Å². The van der Waals surface area contributed by atoms with Crippen LogP contribution >= 0.6 is 0 Å². The predicted octanol–water partition coefficient (Wildman–Crippen LogP) is 1.25. The highest BCUT2D eigenvalue weighted by molar-refractivity contribution is 5.92. The van der Waals surface area contributed by atoms with E-state index in [1.165, 1.54) is 13.8 Å². The van der Waals surface area contributed by atoms with Gasteiger partial charge >= 0.3 is 12.1 Å². The lowest BCUT2D eigenvalue weighted by Crippen LogP contribution is -2.32. The average Bonchev–Trinajstić information content (AvgIpc) is 2.33. The summed E-state index contributed by atoms with van der Waals surface area (Å²) in [6, 6.07) is 1.09. The summed E-state index contributed by atoms with van der Waals surface area (Å²) in [5, 5.41) is 10.8. The van der Waals surface area contributed by atoms with Crippen LogP contribution in [0.15, 0.2) is 6.07 Å². The maximum Gasteiger partial charge on any atom is 0.451 e. The van der Waals surface area contributed by atoms with Gasteiger partial charge in [-0.3, -0.25) is 9.59 Å². The lowest BCUT2D eigenvalue weighted by molar-refractivity contribution is -0.145. The smallest absolute Gasteiger partial charge is 0.451 e. The summed E-state index contributed by atoms with van der Waals surface area (Å²) in [4.78, 5) is 28.5. The zero-order valence-corrected chi connectivity index (χ0v) is 10.7. The quantitative estimate of drug-likeness (QED) is 0.871. The number of hydrogen-bond donors (Lipinski definition) is 2. The highest BCUT2D eigenvalue weighted by atomic mass is 19.4. The molecule has 0 saturated carbocycles. The molecule has 1 amide bonds. The van der Waals surface area contributed by atoms with Gasteiger partial charge in [0, 0.05) is 12.2 Å². The third kappa shape index (κ3) is 4.18. The van der Waals surface area contributed by atoms with Crippen LogP contribution in [-0.2, 0) is 11.0 Å². The summed E-state index contributed by atoms with van der Waals surface area (Å²) in [6.07, 6.45) is -4.75. The van der Waals surface area contributed by atoms with E-state index in [2.05, 4.69) is 15.3 Å². The molecule has 0 saturated heterocycles. The molecule has 0 aromatic carbocycles. The van der Waals surface area contributed by atoms with Crippen LogP contribution in [0.4, 0.5) is 13.2 Å². The summed E-state index contributed by atoms with van der Waals surface area (Å²) in [7, 11) is 0. The molecule has 1 unspecified atom stereocenters. The Morgan fingerprint density at radius 1 is 1.40 bits per heavy atom. The van der Waals surface area contributed by atoms with Gasteiger partial charge in [-0.05, 0) is 13.0 Å². The van der Waals surface area contributed by atoms with Crippen LogP contribution in [0.3, 0.4) is 0 Å². The Balaban J connectivity index is 2.88. The van der Waals surface area contributed by atoms with Gasteiger partial charge in [0.25, 0.3) is 5.91 Å². The highest BCUT2D eigenvalue weighted by Gasteiger charge is 2.35. The number of aryl methyl sites for hydroxylation is 1. The molecule has 1 heterocycles. The molecule has 1 rings (SSSR count). The van der Waals surface area contributed by atoms with Crippen molar-refractivity contribution in [3.05, 3.63) is 23.3 Å². The molecule has 2 N–H and O–H groups in total. The molecule has 1 atom stereocenters. The van der Waals surface area contributed by atoms with Crippen molar-refractivity contribution in [1.29, 1.82) is 0 Å². The first-order valence-corrected chi connectivity index (χ1v) is 5.55. The number of rotatable bonds is 4. The average molecular weight is 291 g/mol. The van der Waals surface area contributed by atoms with Gasteiger partial charge in [0.15, 0.2) is 0 Å². The molecule has 1 aromatic rings. The molecule has 9 heteroatoms. The van der Waals surface area contributed by atoms with Gasteiger partial charge in [0.05, 0.1) is 5.92 Å². The highest BCUT2D eigenvalue weighted by Crippen LogP contribution is 2.26. The minimum Gasteiger partial charge on any atom is -0.481 e. The summed E-state index contributed by atoms with van der Waals surface area (Å²) >= 11 is 0. The number of halogens is 3. The van der Waals surface area contributed by atoms with E-state index in [9.17, 15) is 22.8 Å². The Bertz CT molecular complexity index is 531. The van der Waals surface area contributed by atoms with Crippen LogP contribution in [0.25, 0.3) is 0 Å². The van der Waals surface area contributed by atoms with Gasteiger partial charge in [0.2, 0.25) is 5.82 Å². The first-order valence-electron chi connectivity index (χ1n) is 5.55. The van der Waals surface area contributed by atoms with Crippen LogP contribution in [0.5, 0.6) is 0 Å². The van der Waals surface area contributed by atoms with Crippen LogP contribution in [0, 0.1) is 12.8 Å². The van der Waals surface area contributed by atoms with E-state index in [1.54, 1.807) is 0 Å². The number of carbonyl (C=O) groups is 2. The topological polar surface area (TPSA) is 92.2 Å². The fourth-order valence-corrected chi connectivity index (χ4v) is 1.24. The molecule has 0 radical (unpaired) electrons. The molecule has 6 nitrogen and oxygen atoms in total. The Hall–Kier alpha value is -2.19. The van der Waals surface area contributed by atoms with E-state index in [4.69, 9.17) is 5.11 Å². The van der Waals surface area contributed by atoms with Crippen molar-refractivity contribution in [2.45, 2.75) is 20.0 Å². The summed E-state index contributed by atoms with van der Waals surface area (Å²) < 4.78 is 37.5. The van der Waals surface area contributed by atoms with Crippen LogP contribution in [0.2, 0.25) is 0 Å². The number of hydrogen-bond acceptors (Lipinski definition) is 4. The zero-order valence-electron chi connectivity index (χ0n) is 10.7. The molecular weight excluding hydrogens is 279 g/mol. The Morgan fingerprint density at radius 3 is 2.50 bits per heavy atom. The van der Waals surface area contributed by atoms with E-state index < -0.39 is 35.5 Å². The number of carboxylic acid groups (broad SMARTS) is 1. The molecule has 0 fully saturated rings. The molecular formula is C11H12F3N3O3. The third-order valence-electron chi connectivity index (χ3n) is 2.33.